The molecule has 1 aliphatic rings. The average molecular weight is 401 g/mol. The highest BCUT2D eigenvalue weighted by molar-refractivity contribution is 7.18. The van der Waals surface area contributed by atoms with Crippen LogP contribution in [0.2, 0.25) is 5.02 Å². The maximum Gasteiger partial charge on any atom is 0.262 e. The number of aryl methyl sites for hydroxylation is 2. The second-order valence-electron chi connectivity index (χ2n) is 6.41. The van der Waals surface area contributed by atoms with Crippen molar-refractivity contribution in [3.63, 3.8) is 0 Å². The summed E-state index contributed by atoms with van der Waals surface area (Å²) in [6.07, 6.45) is 7.13. The number of benzene rings is 1. The Balaban J connectivity index is 1.49. The quantitative estimate of drug-likeness (QED) is 0.540. The number of hydrogen-bond acceptors (Lipinski definition) is 5. The highest BCUT2D eigenvalue weighted by Gasteiger charge is 2.20. The van der Waals surface area contributed by atoms with Crippen molar-refractivity contribution >= 4 is 45.3 Å². The van der Waals surface area contributed by atoms with Crippen LogP contribution in [0.5, 0.6) is 0 Å². The Bertz CT molecular complexity index is 1090. The molecule has 3 aromatic rings. The van der Waals surface area contributed by atoms with Gasteiger partial charge >= 0.3 is 0 Å². The van der Waals surface area contributed by atoms with E-state index < -0.39 is 0 Å². The zero-order chi connectivity index (χ0) is 18.8. The molecule has 4 rings (SSSR count). The molecule has 0 aliphatic heterocycles. The van der Waals surface area contributed by atoms with E-state index in [1.165, 1.54) is 22.0 Å². The first-order valence-corrected chi connectivity index (χ1v) is 9.88. The summed E-state index contributed by atoms with van der Waals surface area (Å²) in [4.78, 5) is 31.4. The van der Waals surface area contributed by atoms with Crippen LogP contribution in [0.25, 0.3) is 10.2 Å². The van der Waals surface area contributed by atoms with Crippen LogP contribution >= 0.6 is 22.9 Å². The first-order valence-electron chi connectivity index (χ1n) is 8.69. The molecule has 0 atom stereocenters. The van der Waals surface area contributed by atoms with E-state index in [0.717, 1.165) is 41.6 Å². The third-order valence-electron chi connectivity index (χ3n) is 4.53. The molecule has 27 heavy (non-hydrogen) atoms. The minimum absolute atomic E-state index is 0.121. The molecule has 1 amide bonds. The monoisotopic (exact) mass is 400 g/mol. The van der Waals surface area contributed by atoms with Crippen molar-refractivity contribution in [3.05, 3.63) is 62.0 Å². The summed E-state index contributed by atoms with van der Waals surface area (Å²) >= 11 is 7.42. The maximum absolute atomic E-state index is 12.8. The molecule has 0 saturated carbocycles. The Kier molecular flexibility index (Phi) is 5.05. The summed E-state index contributed by atoms with van der Waals surface area (Å²) in [6.45, 7) is -0.121. The number of fused-ring (bicyclic) bond motifs is 3. The van der Waals surface area contributed by atoms with Crippen molar-refractivity contribution in [2.45, 2.75) is 32.2 Å². The maximum atomic E-state index is 12.8. The zero-order valence-corrected chi connectivity index (χ0v) is 16.0. The summed E-state index contributed by atoms with van der Waals surface area (Å²) in [5, 5.41) is 5.23. The number of nitrogens with one attached hydrogen (secondary N) is 1. The topological polar surface area (TPSA) is 76.3 Å². The molecular weight excluding hydrogens is 384 g/mol. The van der Waals surface area contributed by atoms with Crippen LogP contribution in [0.3, 0.4) is 0 Å². The molecule has 8 heteroatoms. The number of carbonyl (C=O) groups excluding carboxylic acids is 1. The summed E-state index contributed by atoms with van der Waals surface area (Å²) in [5.41, 5.74) is 4.21. The van der Waals surface area contributed by atoms with E-state index in [9.17, 15) is 9.59 Å². The van der Waals surface area contributed by atoms with E-state index in [1.807, 2.05) is 0 Å². The Morgan fingerprint density at radius 3 is 2.89 bits per heavy atom. The number of amides is 1. The fourth-order valence-electron chi connectivity index (χ4n) is 3.21. The molecule has 0 saturated heterocycles. The van der Waals surface area contributed by atoms with Crippen LogP contribution in [-0.4, -0.2) is 21.7 Å². The van der Waals surface area contributed by atoms with Crippen LogP contribution in [-0.2, 0) is 24.2 Å². The Morgan fingerprint density at radius 1 is 1.30 bits per heavy atom. The molecule has 6 nitrogen and oxygen atoms in total. The van der Waals surface area contributed by atoms with E-state index >= 15 is 0 Å². The lowest BCUT2D eigenvalue weighted by atomic mass is 9.97. The number of hydrazone groups is 1. The highest BCUT2D eigenvalue weighted by atomic mass is 35.5. The molecular formula is C19H17ClN4O2S. The normalized spacial score (nSPS) is 13.8. The molecule has 0 radical (unpaired) electrons. The third-order valence-corrected chi connectivity index (χ3v) is 5.98. The third kappa shape index (κ3) is 3.79. The lowest BCUT2D eigenvalue weighted by molar-refractivity contribution is -0.121. The largest absolute Gasteiger partial charge is 0.289 e. The van der Waals surface area contributed by atoms with Gasteiger partial charge in [0.1, 0.15) is 11.4 Å². The van der Waals surface area contributed by atoms with Gasteiger partial charge < -0.3 is 0 Å². The minimum atomic E-state index is -0.382. The smallest absolute Gasteiger partial charge is 0.262 e. The van der Waals surface area contributed by atoms with Crippen molar-refractivity contribution in [1.29, 1.82) is 0 Å². The molecule has 0 unspecified atom stereocenters. The molecule has 0 bridgehead atoms. The first kappa shape index (κ1) is 17.9. The van der Waals surface area contributed by atoms with Crippen molar-refractivity contribution in [2.24, 2.45) is 5.10 Å². The van der Waals surface area contributed by atoms with Gasteiger partial charge in [0, 0.05) is 9.90 Å². The van der Waals surface area contributed by atoms with Gasteiger partial charge in [-0.15, -0.1) is 11.3 Å². The molecule has 2 heterocycles. The fraction of sp³-hybridized carbons (Fsp3) is 0.263. The molecule has 1 aliphatic carbocycles. The second kappa shape index (κ2) is 7.62. The fourth-order valence-corrected chi connectivity index (χ4v) is 4.56. The van der Waals surface area contributed by atoms with Gasteiger partial charge in [-0.1, -0.05) is 23.7 Å². The van der Waals surface area contributed by atoms with Crippen LogP contribution in [0.1, 0.15) is 28.8 Å². The van der Waals surface area contributed by atoms with Gasteiger partial charge in [-0.05, 0) is 48.9 Å². The molecule has 0 spiro atoms. The second-order valence-corrected chi connectivity index (χ2v) is 7.93. The first-order chi connectivity index (χ1) is 13.1. The molecule has 2 aromatic heterocycles. The highest BCUT2D eigenvalue weighted by Crippen LogP contribution is 2.33. The number of aromatic nitrogens is 2. The summed E-state index contributed by atoms with van der Waals surface area (Å²) in [7, 11) is 0. The van der Waals surface area contributed by atoms with E-state index in [0.29, 0.717) is 10.4 Å². The standard InChI is InChI=1S/C19H17ClN4O2S/c20-13-7-5-12(6-8-13)9-22-23-16(25)10-24-11-21-18-17(19(24)26)14-3-1-2-4-15(14)27-18/h5-9,11H,1-4,10H2,(H,23,25)/b22-9-. The SMILES string of the molecule is O=C(Cn1cnc2sc3c(c2c1=O)CCCC3)N/N=C\c1ccc(Cl)cc1. The Morgan fingerprint density at radius 2 is 2.07 bits per heavy atom. The van der Waals surface area contributed by atoms with Gasteiger partial charge in [-0.25, -0.2) is 10.4 Å². The van der Waals surface area contributed by atoms with Gasteiger partial charge in [0.05, 0.1) is 17.9 Å². The number of hydrogen-bond donors (Lipinski definition) is 1. The van der Waals surface area contributed by atoms with Crippen LogP contribution in [0, 0.1) is 0 Å². The van der Waals surface area contributed by atoms with Gasteiger partial charge in [0.25, 0.3) is 11.5 Å². The van der Waals surface area contributed by atoms with Crippen molar-refractivity contribution in [2.75, 3.05) is 0 Å². The van der Waals surface area contributed by atoms with Crippen molar-refractivity contribution in [1.82, 2.24) is 15.0 Å². The predicted octanol–water partition coefficient (Wildman–Crippen LogP) is 3.14. The average Bonchev–Trinajstić information content (AvgIpc) is 3.05. The Labute approximate surface area is 164 Å². The number of carbonyl (C=O) groups is 1. The van der Waals surface area contributed by atoms with E-state index in [-0.39, 0.29) is 18.0 Å². The van der Waals surface area contributed by atoms with Gasteiger partial charge in [-0.3, -0.25) is 14.2 Å². The number of nitrogens with zero attached hydrogens (tertiary/aromatic N) is 3. The van der Waals surface area contributed by atoms with E-state index in [2.05, 4.69) is 15.5 Å². The molecule has 1 aromatic carbocycles. The van der Waals surface area contributed by atoms with Crippen molar-refractivity contribution in [3.8, 4) is 0 Å². The van der Waals surface area contributed by atoms with Crippen LogP contribution in [0.15, 0.2) is 40.5 Å². The number of rotatable bonds is 4. The van der Waals surface area contributed by atoms with Gasteiger partial charge in [0.2, 0.25) is 0 Å². The predicted molar refractivity (Wildman–Crippen MR) is 108 cm³/mol. The zero-order valence-electron chi connectivity index (χ0n) is 14.4. The summed E-state index contributed by atoms with van der Waals surface area (Å²) in [6, 6.07) is 7.07. The molecule has 138 valence electrons. The Hall–Kier alpha value is -2.51. The molecule has 1 N–H and O–H groups in total. The summed E-state index contributed by atoms with van der Waals surface area (Å²) in [5.74, 6) is -0.382. The summed E-state index contributed by atoms with van der Waals surface area (Å²) < 4.78 is 1.34. The van der Waals surface area contributed by atoms with E-state index in [1.54, 1.807) is 35.6 Å². The lowest BCUT2D eigenvalue weighted by Gasteiger charge is -2.10. The van der Waals surface area contributed by atoms with Gasteiger partial charge in [0.15, 0.2) is 0 Å². The van der Waals surface area contributed by atoms with Gasteiger partial charge in [-0.2, -0.15) is 5.10 Å². The molecule has 0 fully saturated rings. The van der Waals surface area contributed by atoms with Crippen LogP contribution in [0.4, 0.5) is 0 Å². The number of thiophene rings is 1. The minimum Gasteiger partial charge on any atom is -0.289 e. The number of halogens is 1. The van der Waals surface area contributed by atoms with Crippen molar-refractivity contribution < 1.29 is 4.79 Å². The van der Waals surface area contributed by atoms with Crippen LogP contribution < -0.4 is 11.0 Å². The lowest BCUT2D eigenvalue weighted by Crippen LogP contribution is -2.30. The van der Waals surface area contributed by atoms with E-state index in [4.69, 9.17) is 11.6 Å².